The van der Waals surface area contributed by atoms with Crippen molar-refractivity contribution in [2.24, 2.45) is 5.92 Å². The Hall–Kier alpha value is -1.80. The maximum Gasteiger partial charge on any atom is 0.226 e. The molecule has 1 aromatic rings. The van der Waals surface area contributed by atoms with E-state index in [9.17, 15) is 13.2 Å². The van der Waals surface area contributed by atoms with Crippen LogP contribution in [0.4, 0.5) is 5.69 Å². The molecule has 1 amide bonds. The molecule has 2 rings (SSSR count). The Balaban J connectivity index is 2.41. The highest BCUT2D eigenvalue weighted by Crippen LogP contribution is 2.29. The molecule has 0 saturated carbocycles. The van der Waals surface area contributed by atoms with Gasteiger partial charge in [0.1, 0.15) is 11.9 Å². The molecule has 0 saturated heterocycles. The summed E-state index contributed by atoms with van der Waals surface area (Å²) in [5.41, 5.74) is 1.80. The third-order valence-corrected chi connectivity index (χ3v) is 6.09. The van der Waals surface area contributed by atoms with E-state index < -0.39 is 10.0 Å². The van der Waals surface area contributed by atoms with Crippen LogP contribution < -0.4 is 9.64 Å². The fraction of sp³-hybridized carbons (Fsp3) is 0.611. The summed E-state index contributed by atoms with van der Waals surface area (Å²) in [5, 5.41) is 0. The molecule has 8 heteroatoms. The van der Waals surface area contributed by atoms with Gasteiger partial charge in [0.2, 0.25) is 15.9 Å². The van der Waals surface area contributed by atoms with Gasteiger partial charge in [-0.15, -0.1) is 0 Å². The van der Waals surface area contributed by atoms with Gasteiger partial charge in [-0.3, -0.25) is 4.79 Å². The number of sulfonamides is 1. The molecule has 0 aromatic heterocycles. The summed E-state index contributed by atoms with van der Waals surface area (Å²) < 4.78 is 31.1. The summed E-state index contributed by atoms with van der Waals surface area (Å²) in [7, 11) is 3.89. The number of ether oxygens (including phenoxy) is 1. The van der Waals surface area contributed by atoms with Crippen LogP contribution in [-0.4, -0.2) is 77.2 Å². The van der Waals surface area contributed by atoms with Crippen molar-refractivity contribution in [3.8, 4) is 5.75 Å². The number of anilines is 1. The van der Waals surface area contributed by atoms with Crippen LogP contribution in [0.25, 0.3) is 0 Å². The summed E-state index contributed by atoms with van der Waals surface area (Å²) in [4.78, 5) is 16.2. The Bertz CT molecular complexity index is 764. The molecule has 1 aliphatic rings. The normalized spacial score (nSPS) is 21.5. The SMILES string of the molecule is C[C@@H]1CN(C)C(=O)Cc2cc(N(C)C)ccc2O[C@H]1CN(C)S(C)(=O)=O. The van der Waals surface area contributed by atoms with Crippen LogP contribution in [0, 0.1) is 5.92 Å². The quantitative estimate of drug-likeness (QED) is 0.777. The van der Waals surface area contributed by atoms with Crippen molar-refractivity contribution in [2.45, 2.75) is 19.4 Å². The summed E-state index contributed by atoms with van der Waals surface area (Å²) in [6.07, 6.45) is 1.08. The maximum absolute atomic E-state index is 12.5. The van der Waals surface area contributed by atoms with E-state index in [1.54, 1.807) is 19.0 Å². The van der Waals surface area contributed by atoms with E-state index in [-0.39, 0.29) is 30.9 Å². The lowest BCUT2D eigenvalue weighted by Gasteiger charge is -2.30. The van der Waals surface area contributed by atoms with Crippen LogP contribution in [0.15, 0.2) is 18.2 Å². The predicted molar refractivity (Wildman–Crippen MR) is 103 cm³/mol. The van der Waals surface area contributed by atoms with E-state index in [1.165, 1.54) is 10.6 Å². The third-order valence-electron chi connectivity index (χ3n) is 4.81. The zero-order chi connectivity index (χ0) is 19.6. The molecule has 0 bridgehead atoms. The average molecular weight is 384 g/mol. The molecular formula is C18H29N3O4S. The smallest absolute Gasteiger partial charge is 0.226 e. The second kappa shape index (κ2) is 7.84. The molecular weight excluding hydrogens is 354 g/mol. The Kier molecular flexibility index (Phi) is 6.18. The van der Waals surface area contributed by atoms with Crippen LogP contribution in [0.2, 0.25) is 0 Å². The molecule has 0 N–H and O–H groups in total. The lowest BCUT2D eigenvalue weighted by molar-refractivity contribution is -0.129. The largest absolute Gasteiger partial charge is 0.488 e. The molecule has 1 heterocycles. The van der Waals surface area contributed by atoms with E-state index >= 15 is 0 Å². The minimum Gasteiger partial charge on any atom is -0.488 e. The predicted octanol–water partition coefficient (Wildman–Crippen LogP) is 1.04. The topological polar surface area (TPSA) is 70.2 Å². The van der Waals surface area contributed by atoms with Crippen LogP contribution in [0.3, 0.4) is 0 Å². The number of rotatable bonds is 4. The number of benzene rings is 1. The number of nitrogens with zero attached hydrogens (tertiary/aromatic N) is 3. The first-order valence-corrected chi connectivity index (χ1v) is 10.5. The Morgan fingerprint density at radius 1 is 1.27 bits per heavy atom. The van der Waals surface area contributed by atoms with Crippen molar-refractivity contribution < 1.29 is 17.9 Å². The van der Waals surface area contributed by atoms with Crippen molar-refractivity contribution in [1.29, 1.82) is 0 Å². The van der Waals surface area contributed by atoms with Crippen LogP contribution in [-0.2, 0) is 21.2 Å². The number of hydrogen-bond acceptors (Lipinski definition) is 5. The highest BCUT2D eigenvalue weighted by molar-refractivity contribution is 7.88. The van der Waals surface area contributed by atoms with Gasteiger partial charge in [0, 0.05) is 51.9 Å². The second-order valence-corrected chi connectivity index (χ2v) is 9.40. The van der Waals surface area contributed by atoms with E-state index in [2.05, 4.69) is 0 Å². The number of likely N-dealkylation sites (N-methyl/N-ethyl adjacent to an activating group) is 2. The molecule has 1 aliphatic heterocycles. The van der Waals surface area contributed by atoms with Crippen LogP contribution in [0.5, 0.6) is 5.75 Å². The second-order valence-electron chi connectivity index (χ2n) is 7.31. The Morgan fingerprint density at radius 2 is 1.92 bits per heavy atom. The lowest BCUT2D eigenvalue weighted by atomic mass is 10.0. The molecule has 0 radical (unpaired) electrons. The monoisotopic (exact) mass is 383 g/mol. The van der Waals surface area contributed by atoms with E-state index in [4.69, 9.17) is 4.74 Å². The van der Waals surface area contributed by atoms with Crippen molar-refractivity contribution >= 4 is 21.6 Å². The van der Waals surface area contributed by atoms with Gasteiger partial charge >= 0.3 is 0 Å². The Labute approximate surface area is 156 Å². The summed E-state index contributed by atoms with van der Waals surface area (Å²) in [5.74, 6) is 0.639. The minimum atomic E-state index is -3.31. The first-order chi connectivity index (χ1) is 12.0. The van der Waals surface area contributed by atoms with Crippen molar-refractivity contribution in [1.82, 2.24) is 9.21 Å². The van der Waals surface area contributed by atoms with Gasteiger partial charge in [0.05, 0.1) is 19.2 Å². The molecule has 0 spiro atoms. The standard InChI is InChI=1S/C18H29N3O4S/c1-13-11-20(4)18(22)10-14-9-15(19(2)3)7-8-16(14)25-17(13)12-21(5)26(6,23)24/h7-9,13,17H,10-12H2,1-6H3/t13-,17+/m1/s1. The van der Waals surface area contributed by atoms with Gasteiger partial charge in [-0.25, -0.2) is 12.7 Å². The van der Waals surface area contributed by atoms with Crippen LogP contribution in [0.1, 0.15) is 12.5 Å². The first kappa shape index (κ1) is 20.5. The van der Waals surface area contributed by atoms with Gasteiger partial charge in [-0.05, 0) is 18.2 Å². The summed E-state index contributed by atoms with van der Waals surface area (Å²) >= 11 is 0. The molecule has 146 valence electrons. The fourth-order valence-electron chi connectivity index (χ4n) is 2.93. The van der Waals surface area contributed by atoms with Gasteiger partial charge in [-0.2, -0.15) is 0 Å². The highest BCUT2D eigenvalue weighted by Gasteiger charge is 2.29. The molecule has 26 heavy (non-hydrogen) atoms. The molecule has 0 unspecified atom stereocenters. The number of amides is 1. The molecule has 0 aliphatic carbocycles. The average Bonchev–Trinajstić information content (AvgIpc) is 2.57. The molecule has 2 atom stereocenters. The maximum atomic E-state index is 12.5. The number of carbonyl (C=O) groups is 1. The highest BCUT2D eigenvalue weighted by atomic mass is 32.2. The number of fused-ring (bicyclic) bond motifs is 1. The summed E-state index contributed by atoms with van der Waals surface area (Å²) in [6, 6.07) is 5.75. The zero-order valence-corrected chi connectivity index (χ0v) is 17.2. The van der Waals surface area contributed by atoms with Crippen molar-refractivity contribution in [3.63, 3.8) is 0 Å². The van der Waals surface area contributed by atoms with Crippen LogP contribution >= 0.6 is 0 Å². The van der Waals surface area contributed by atoms with E-state index in [0.717, 1.165) is 11.3 Å². The van der Waals surface area contributed by atoms with E-state index in [0.29, 0.717) is 12.3 Å². The third kappa shape index (κ3) is 4.88. The first-order valence-electron chi connectivity index (χ1n) is 8.61. The molecule has 7 nitrogen and oxygen atoms in total. The van der Waals surface area contributed by atoms with Crippen molar-refractivity contribution in [2.75, 3.05) is 52.4 Å². The van der Waals surface area contributed by atoms with Gasteiger partial charge in [0.25, 0.3) is 0 Å². The fourth-order valence-corrected chi connectivity index (χ4v) is 3.35. The van der Waals surface area contributed by atoms with Crippen molar-refractivity contribution in [3.05, 3.63) is 23.8 Å². The number of carbonyl (C=O) groups excluding carboxylic acids is 1. The number of hydrogen-bond donors (Lipinski definition) is 0. The Morgan fingerprint density at radius 3 is 2.50 bits per heavy atom. The van der Waals surface area contributed by atoms with Gasteiger partial charge in [0.15, 0.2) is 0 Å². The lowest BCUT2D eigenvalue weighted by Crippen LogP contribution is -2.43. The molecule has 0 fully saturated rings. The zero-order valence-electron chi connectivity index (χ0n) is 16.4. The summed E-state index contributed by atoms with van der Waals surface area (Å²) in [6.45, 7) is 2.72. The molecule has 1 aromatic carbocycles. The minimum absolute atomic E-state index is 0.0207. The van der Waals surface area contributed by atoms with E-state index in [1.807, 2.05) is 44.1 Å². The van der Waals surface area contributed by atoms with Gasteiger partial charge in [-0.1, -0.05) is 6.92 Å². The van der Waals surface area contributed by atoms with Gasteiger partial charge < -0.3 is 14.5 Å².